The number of hydrogen-bond acceptors (Lipinski definition) is 4. The zero-order valence-corrected chi connectivity index (χ0v) is 12.6. The minimum absolute atomic E-state index is 0.0972. The summed E-state index contributed by atoms with van der Waals surface area (Å²) in [7, 11) is 1.57. The van der Waals surface area contributed by atoms with E-state index < -0.39 is 12.0 Å². The highest BCUT2D eigenvalue weighted by molar-refractivity contribution is 8.00. The van der Waals surface area contributed by atoms with E-state index in [0.717, 1.165) is 0 Å². The number of nitrogens with zero attached hydrogens (tertiary/aromatic N) is 1. The van der Waals surface area contributed by atoms with Crippen molar-refractivity contribution in [1.29, 1.82) is 0 Å². The van der Waals surface area contributed by atoms with Crippen molar-refractivity contribution < 1.29 is 19.4 Å². The van der Waals surface area contributed by atoms with Gasteiger partial charge in [-0.05, 0) is 12.8 Å². The van der Waals surface area contributed by atoms with Gasteiger partial charge in [-0.25, -0.2) is 9.59 Å². The summed E-state index contributed by atoms with van der Waals surface area (Å²) in [5.74, 6) is -0.309. The summed E-state index contributed by atoms with van der Waals surface area (Å²) in [6, 6.07) is -1.09. The maximum absolute atomic E-state index is 12.2. The molecule has 0 aromatic rings. The maximum atomic E-state index is 12.2. The number of carbonyl (C=O) groups is 2. The van der Waals surface area contributed by atoms with E-state index in [-0.39, 0.29) is 23.4 Å². The SMILES string of the molecule is COC(C)CNC(=O)N1C(C(=O)O)CSC1C(C)C. The van der Waals surface area contributed by atoms with Gasteiger partial charge in [0.15, 0.2) is 0 Å². The number of aliphatic carboxylic acids is 1. The molecule has 2 N–H and O–H groups in total. The number of methoxy groups -OCH3 is 1. The predicted octanol–water partition coefficient (Wildman–Crippen LogP) is 1.21. The first-order valence-corrected chi connectivity index (χ1v) is 7.36. The number of rotatable bonds is 5. The summed E-state index contributed by atoms with van der Waals surface area (Å²) >= 11 is 1.52. The molecule has 19 heavy (non-hydrogen) atoms. The van der Waals surface area contributed by atoms with Crippen LogP contribution in [0.3, 0.4) is 0 Å². The highest BCUT2D eigenvalue weighted by Gasteiger charge is 2.42. The van der Waals surface area contributed by atoms with Gasteiger partial charge in [-0.2, -0.15) is 0 Å². The van der Waals surface area contributed by atoms with Crippen LogP contribution in [0.2, 0.25) is 0 Å². The predicted molar refractivity (Wildman–Crippen MR) is 74.2 cm³/mol. The van der Waals surface area contributed by atoms with E-state index >= 15 is 0 Å². The van der Waals surface area contributed by atoms with E-state index in [0.29, 0.717) is 12.3 Å². The van der Waals surface area contributed by atoms with Gasteiger partial charge in [-0.15, -0.1) is 11.8 Å². The molecule has 1 heterocycles. The van der Waals surface area contributed by atoms with E-state index in [9.17, 15) is 14.7 Å². The molecule has 110 valence electrons. The van der Waals surface area contributed by atoms with Gasteiger partial charge >= 0.3 is 12.0 Å². The number of hydrogen-bond donors (Lipinski definition) is 2. The van der Waals surface area contributed by atoms with Gasteiger partial charge in [0.05, 0.1) is 11.5 Å². The first-order chi connectivity index (χ1) is 8.88. The fraction of sp³-hybridized carbons (Fsp3) is 0.833. The molecule has 0 aromatic carbocycles. The smallest absolute Gasteiger partial charge is 0.327 e. The monoisotopic (exact) mass is 290 g/mol. The molecule has 3 atom stereocenters. The molecule has 1 aliphatic rings. The standard InChI is InChI=1S/C12H22N2O4S/c1-7(2)10-14(9(6-19-10)11(15)16)12(17)13-5-8(3)18-4/h7-10H,5-6H2,1-4H3,(H,13,17)(H,15,16). The van der Waals surface area contributed by atoms with E-state index in [4.69, 9.17) is 4.74 Å². The second kappa shape index (κ2) is 7.00. The molecule has 0 radical (unpaired) electrons. The molecule has 0 aliphatic carbocycles. The summed E-state index contributed by atoms with van der Waals surface area (Å²) in [6.07, 6.45) is -0.0972. The van der Waals surface area contributed by atoms with Crippen molar-refractivity contribution >= 4 is 23.8 Å². The molecule has 0 spiro atoms. The Hall–Kier alpha value is -0.950. The van der Waals surface area contributed by atoms with Crippen LogP contribution in [-0.2, 0) is 9.53 Å². The molecule has 0 bridgehead atoms. The summed E-state index contributed by atoms with van der Waals surface area (Å²) < 4.78 is 5.06. The van der Waals surface area contributed by atoms with Crippen LogP contribution in [0.5, 0.6) is 0 Å². The van der Waals surface area contributed by atoms with Crippen LogP contribution >= 0.6 is 11.8 Å². The number of amides is 2. The van der Waals surface area contributed by atoms with E-state index in [1.807, 2.05) is 20.8 Å². The van der Waals surface area contributed by atoms with Crippen LogP contribution < -0.4 is 5.32 Å². The molecule has 0 saturated carbocycles. The van der Waals surface area contributed by atoms with E-state index in [1.165, 1.54) is 16.7 Å². The molecule has 2 amide bonds. The first-order valence-electron chi connectivity index (χ1n) is 6.31. The third-order valence-electron chi connectivity index (χ3n) is 3.07. The molecular weight excluding hydrogens is 268 g/mol. The number of carboxylic acid groups (broad SMARTS) is 1. The quantitative estimate of drug-likeness (QED) is 0.796. The fourth-order valence-corrected chi connectivity index (χ4v) is 3.37. The van der Waals surface area contributed by atoms with Crippen LogP contribution in [0.1, 0.15) is 20.8 Å². The third kappa shape index (κ3) is 4.01. The molecule has 1 saturated heterocycles. The second-order valence-corrected chi connectivity index (χ2v) is 6.11. The lowest BCUT2D eigenvalue weighted by Gasteiger charge is -2.30. The first kappa shape index (κ1) is 16.1. The Morgan fingerprint density at radius 1 is 1.47 bits per heavy atom. The van der Waals surface area contributed by atoms with Crippen LogP contribution in [0.25, 0.3) is 0 Å². The largest absolute Gasteiger partial charge is 0.480 e. The number of urea groups is 1. The Labute approximate surface area is 117 Å². The molecule has 7 heteroatoms. The van der Waals surface area contributed by atoms with Crippen molar-refractivity contribution in [3.05, 3.63) is 0 Å². The molecule has 1 aliphatic heterocycles. The molecule has 0 aromatic heterocycles. The lowest BCUT2D eigenvalue weighted by atomic mass is 10.2. The van der Waals surface area contributed by atoms with Gasteiger partial charge in [-0.3, -0.25) is 4.90 Å². The number of carbonyl (C=O) groups excluding carboxylic acids is 1. The number of nitrogens with one attached hydrogen (secondary N) is 1. The lowest BCUT2D eigenvalue weighted by Crippen LogP contribution is -2.52. The summed E-state index contributed by atoms with van der Waals surface area (Å²) in [5.41, 5.74) is 0. The minimum atomic E-state index is -0.953. The average molecular weight is 290 g/mol. The Morgan fingerprint density at radius 2 is 2.11 bits per heavy atom. The topological polar surface area (TPSA) is 78.9 Å². The zero-order valence-electron chi connectivity index (χ0n) is 11.8. The van der Waals surface area contributed by atoms with Crippen LogP contribution in [0, 0.1) is 5.92 Å². The molecule has 3 unspecified atom stereocenters. The van der Waals surface area contributed by atoms with Gasteiger partial charge in [0, 0.05) is 19.4 Å². The van der Waals surface area contributed by atoms with Crippen LogP contribution in [0.4, 0.5) is 4.79 Å². The van der Waals surface area contributed by atoms with Crippen LogP contribution in [-0.4, -0.2) is 58.9 Å². The highest BCUT2D eigenvalue weighted by Crippen LogP contribution is 2.33. The molecule has 1 fully saturated rings. The van der Waals surface area contributed by atoms with Gasteiger partial charge in [-0.1, -0.05) is 13.8 Å². The van der Waals surface area contributed by atoms with Crippen molar-refractivity contribution in [2.24, 2.45) is 5.92 Å². The minimum Gasteiger partial charge on any atom is -0.480 e. The molecule has 1 rings (SSSR count). The van der Waals surface area contributed by atoms with Crippen molar-refractivity contribution in [2.45, 2.75) is 38.3 Å². The summed E-state index contributed by atoms with van der Waals surface area (Å²) in [4.78, 5) is 24.8. The van der Waals surface area contributed by atoms with Gasteiger partial charge in [0.2, 0.25) is 0 Å². The van der Waals surface area contributed by atoms with Crippen molar-refractivity contribution in [1.82, 2.24) is 10.2 Å². The Balaban J connectivity index is 2.72. The Morgan fingerprint density at radius 3 is 2.58 bits per heavy atom. The average Bonchev–Trinajstić information content (AvgIpc) is 2.80. The van der Waals surface area contributed by atoms with Gasteiger partial charge < -0.3 is 15.2 Å². The van der Waals surface area contributed by atoms with E-state index in [1.54, 1.807) is 7.11 Å². The maximum Gasteiger partial charge on any atom is 0.327 e. The highest BCUT2D eigenvalue weighted by atomic mass is 32.2. The Bertz CT molecular complexity index is 338. The van der Waals surface area contributed by atoms with Gasteiger partial charge in [0.25, 0.3) is 0 Å². The van der Waals surface area contributed by atoms with Gasteiger partial charge in [0.1, 0.15) is 6.04 Å². The Kier molecular flexibility index (Phi) is 5.93. The normalized spacial score (nSPS) is 24.6. The van der Waals surface area contributed by atoms with Crippen LogP contribution in [0.15, 0.2) is 0 Å². The van der Waals surface area contributed by atoms with Crippen molar-refractivity contribution in [3.63, 3.8) is 0 Å². The molecular formula is C12H22N2O4S. The van der Waals surface area contributed by atoms with E-state index in [2.05, 4.69) is 5.32 Å². The fourth-order valence-electron chi connectivity index (χ4n) is 1.89. The van der Waals surface area contributed by atoms with Crippen molar-refractivity contribution in [2.75, 3.05) is 19.4 Å². The molecule has 6 nitrogen and oxygen atoms in total. The van der Waals surface area contributed by atoms with Crippen molar-refractivity contribution in [3.8, 4) is 0 Å². The second-order valence-electron chi connectivity index (χ2n) is 4.96. The zero-order chi connectivity index (χ0) is 14.6. The number of carboxylic acids is 1. The lowest BCUT2D eigenvalue weighted by molar-refractivity contribution is -0.141. The number of ether oxygens (including phenoxy) is 1. The summed E-state index contributed by atoms with van der Waals surface area (Å²) in [6.45, 7) is 6.18. The summed E-state index contributed by atoms with van der Waals surface area (Å²) in [5, 5.41) is 11.8. The number of thioether (sulfide) groups is 1. The third-order valence-corrected chi connectivity index (χ3v) is 4.69.